The van der Waals surface area contributed by atoms with Crippen LogP contribution in [-0.4, -0.2) is 66.2 Å². The molecule has 9 heteroatoms. The van der Waals surface area contributed by atoms with Crippen molar-refractivity contribution in [3.05, 3.63) is 71.0 Å². The molecule has 0 saturated carbocycles. The summed E-state index contributed by atoms with van der Waals surface area (Å²) in [5, 5.41) is 12.4. The summed E-state index contributed by atoms with van der Waals surface area (Å²) in [6, 6.07) is 12.5. The summed E-state index contributed by atoms with van der Waals surface area (Å²) < 4.78 is 29.1. The van der Waals surface area contributed by atoms with E-state index < -0.39 is 40.9 Å². The van der Waals surface area contributed by atoms with Gasteiger partial charge in [-0.2, -0.15) is 0 Å². The third-order valence-electron chi connectivity index (χ3n) is 8.70. The van der Waals surface area contributed by atoms with Crippen molar-refractivity contribution >= 4 is 12.1 Å². The van der Waals surface area contributed by atoms with Gasteiger partial charge < -0.3 is 33.7 Å². The summed E-state index contributed by atoms with van der Waals surface area (Å²) in [7, 11) is 3.62. The predicted octanol–water partition coefficient (Wildman–Crippen LogP) is 4.21. The van der Waals surface area contributed by atoms with Crippen LogP contribution in [0.5, 0.6) is 11.5 Å². The second-order valence-corrected chi connectivity index (χ2v) is 12.1. The molecule has 1 spiro atoms. The van der Waals surface area contributed by atoms with Crippen LogP contribution in [0.1, 0.15) is 56.4 Å². The van der Waals surface area contributed by atoms with Gasteiger partial charge in [0.2, 0.25) is 6.10 Å². The predicted molar refractivity (Wildman–Crippen MR) is 144 cm³/mol. The van der Waals surface area contributed by atoms with Crippen LogP contribution in [0.2, 0.25) is 0 Å². The number of hydrogen-bond acceptors (Lipinski definition) is 9. The highest BCUT2D eigenvalue weighted by Crippen LogP contribution is 2.65. The highest BCUT2D eigenvalue weighted by Gasteiger charge is 2.72. The van der Waals surface area contributed by atoms with Gasteiger partial charge in [-0.1, -0.05) is 36.4 Å². The van der Waals surface area contributed by atoms with Gasteiger partial charge in [0, 0.05) is 23.6 Å². The number of carbonyl (C=O) groups is 2. The maximum Gasteiger partial charge on any atom is 0.510 e. The Bertz CT molecular complexity index is 1380. The fourth-order valence-electron chi connectivity index (χ4n) is 7.01. The van der Waals surface area contributed by atoms with Crippen LogP contribution >= 0.6 is 0 Å². The van der Waals surface area contributed by atoms with E-state index in [9.17, 15) is 14.7 Å². The van der Waals surface area contributed by atoms with Gasteiger partial charge in [-0.3, -0.25) is 0 Å². The maximum atomic E-state index is 13.7. The molecular formula is C31H35NO8. The number of methoxy groups -OCH3 is 1. The Kier molecular flexibility index (Phi) is 6.16. The minimum absolute atomic E-state index is 0.125. The van der Waals surface area contributed by atoms with E-state index >= 15 is 0 Å². The van der Waals surface area contributed by atoms with Crippen molar-refractivity contribution in [1.82, 2.24) is 4.90 Å². The number of benzene rings is 2. The van der Waals surface area contributed by atoms with Gasteiger partial charge in [0.1, 0.15) is 11.4 Å². The Morgan fingerprint density at radius 1 is 1.15 bits per heavy atom. The molecule has 2 bridgehead atoms. The fraction of sp³-hybridized carbons (Fsp3) is 0.484. The maximum absolute atomic E-state index is 13.7. The van der Waals surface area contributed by atoms with Gasteiger partial charge >= 0.3 is 12.1 Å². The number of likely N-dealkylation sites (tertiary alicyclic amines) is 1. The third-order valence-corrected chi connectivity index (χ3v) is 8.70. The number of nitrogens with zero attached hydrogens (tertiary/aromatic N) is 1. The van der Waals surface area contributed by atoms with E-state index in [1.165, 1.54) is 0 Å². The topological polar surface area (TPSA) is 104 Å². The normalized spacial score (nSPS) is 28.9. The first-order chi connectivity index (χ1) is 19.0. The molecule has 6 rings (SSSR count). The fourth-order valence-corrected chi connectivity index (χ4v) is 7.01. The van der Waals surface area contributed by atoms with E-state index in [0.29, 0.717) is 29.9 Å². The lowest BCUT2D eigenvalue weighted by Crippen LogP contribution is -2.74. The first kappa shape index (κ1) is 26.7. The van der Waals surface area contributed by atoms with Crippen molar-refractivity contribution in [3.63, 3.8) is 0 Å². The zero-order valence-electron chi connectivity index (χ0n) is 23.4. The van der Waals surface area contributed by atoms with Crippen molar-refractivity contribution < 1.29 is 38.4 Å². The van der Waals surface area contributed by atoms with Crippen LogP contribution in [-0.2, 0) is 30.8 Å². The number of aliphatic hydroxyl groups is 1. The van der Waals surface area contributed by atoms with Gasteiger partial charge in [-0.25, -0.2) is 9.59 Å². The molecule has 9 nitrogen and oxygen atoms in total. The molecule has 5 atom stereocenters. The highest BCUT2D eigenvalue weighted by molar-refractivity contribution is 5.80. The number of hydrogen-bond donors (Lipinski definition) is 1. The molecule has 2 aromatic rings. The molecule has 1 unspecified atom stereocenters. The molecule has 0 aromatic heterocycles. The monoisotopic (exact) mass is 549 g/mol. The van der Waals surface area contributed by atoms with E-state index in [1.54, 1.807) is 64.3 Å². The second-order valence-electron chi connectivity index (χ2n) is 12.1. The molecule has 212 valence electrons. The summed E-state index contributed by atoms with van der Waals surface area (Å²) in [5.74, 6) is 0.665. The van der Waals surface area contributed by atoms with Crippen LogP contribution in [0.4, 0.5) is 4.79 Å². The molecule has 0 radical (unpaired) electrons. The largest absolute Gasteiger partial charge is 0.510 e. The number of rotatable bonds is 5. The van der Waals surface area contributed by atoms with Gasteiger partial charge in [0.05, 0.1) is 18.1 Å². The smallest absolute Gasteiger partial charge is 0.493 e. The summed E-state index contributed by atoms with van der Waals surface area (Å²) >= 11 is 0. The molecule has 40 heavy (non-hydrogen) atoms. The highest BCUT2D eigenvalue weighted by atomic mass is 16.7. The molecule has 1 fully saturated rings. The Labute approximate surface area is 233 Å². The third kappa shape index (κ3) is 3.89. The van der Waals surface area contributed by atoms with Crippen molar-refractivity contribution in [3.8, 4) is 11.5 Å². The molecule has 4 aliphatic rings. The van der Waals surface area contributed by atoms with Gasteiger partial charge in [-0.15, -0.1) is 0 Å². The van der Waals surface area contributed by atoms with E-state index in [-0.39, 0.29) is 18.2 Å². The lowest BCUT2D eigenvalue weighted by molar-refractivity contribution is -0.173. The molecule has 1 saturated heterocycles. The van der Waals surface area contributed by atoms with Crippen LogP contribution in [0.3, 0.4) is 0 Å². The van der Waals surface area contributed by atoms with E-state index in [4.69, 9.17) is 23.7 Å². The molecule has 2 heterocycles. The molecule has 2 aromatic carbocycles. The van der Waals surface area contributed by atoms with Crippen molar-refractivity contribution in [2.45, 2.75) is 74.9 Å². The Morgan fingerprint density at radius 2 is 1.90 bits per heavy atom. The SMILES string of the molecule is COc1ccc2c3c1O[C@H]1C(OC(=O)C(OC(=O)OC(C)(C)C)c4ccccc4)=CC[C@@]4(O)[C@@H](C2)N(C)CC[C@]314. The second kappa shape index (κ2) is 9.24. The van der Waals surface area contributed by atoms with Gasteiger partial charge in [0.25, 0.3) is 0 Å². The van der Waals surface area contributed by atoms with Crippen LogP contribution in [0.15, 0.2) is 54.3 Å². The zero-order chi connectivity index (χ0) is 28.4. The first-order valence-electron chi connectivity index (χ1n) is 13.6. The molecule has 1 N–H and O–H groups in total. The standard InChI is InChI=1S/C31H35NO8/c1-29(2,3)40-28(34)39-24(18-9-7-6-8-10-18)27(33)37-21-13-14-31(35)22-17-19-11-12-20(36-5)25-23(19)30(31,26(21)38-25)15-16-32(22)4/h6-13,22,24,26,35H,14-17H2,1-5H3/t22-,24?,26+,30+,31-/m1/s1. The lowest BCUT2D eigenvalue weighted by atomic mass is 9.50. The first-order valence-corrected chi connectivity index (χ1v) is 13.6. The quantitative estimate of drug-likeness (QED) is 0.550. The number of ether oxygens (including phenoxy) is 5. The summed E-state index contributed by atoms with van der Waals surface area (Å²) in [6.07, 6.45) is 0.221. The van der Waals surface area contributed by atoms with E-state index in [1.807, 2.05) is 19.2 Å². The van der Waals surface area contributed by atoms with Crippen LogP contribution in [0.25, 0.3) is 0 Å². The number of esters is 1. The average Bonchev–Trinajstić information content (AvgIpc) is 3.26. The molecule has 2 aliphatic heterocycles. The Morgan fingerprint density at radius 3 is 2.60 bits per heavy atom. The number of piperidine rings is 1. The molecular weight excluding hydrogens is 514 g/mol. The lowest BCUT2D eigenvalue weighted by Gasteiger charge is -2.61. The van der Waals surface area contributed by atoms with Gasteiger partial charge in [0.15, 0.2) is 17.6 Å². The summed E-state index contributed by atoms with van der Waals surface area (Å²) in [5.41, 5.74) is -0.264. The minimum Gasteiger partial charge on any atom is -0.493 e. The van der Waals surface area contributed by atoms with E-state index in [2.05, 4.69) is 4.90 Å². The minimum atomic E-state index is -1.36. The Hall–Kier alpha value is -3.56. The van der Waals surface area contributed by atoms with Crippen molar-refractivity contribution in [1.29, 1.82) is 0 Å². The summed E-state index contributed by atoms with van der Waals surface area (Å²) in [6.45, 7) is 5.90. The number of likely N-dealkylation sites (N-methyl/N-ethyl adjacent to an activating group) is 1. The Balaban J connectivity index is 1.37. The van der Waals surface area contributed by atoms with Crippen molar-refractivity contribution in [2.24, 2.45) is 0 Å². The van der Waals surface area contributed by atoms with Gasteiger partial charge in [-0.05, 0) is 64.9 Å². The number of carbonyl (C=O) groups excluding carboxylic acids is 2. The van der Waals surface area contributed by atoms with Crippen molar-refractivity contribution in [2.75, 3.05) is 20.7 Å². The molecule has 2 aliphatic carbocycles. The van der Waals surface area contributed by atoms with Crippen LogP contribution in [0, 0.1) is 0 Å². The van der Waals surface area contributed by atoms with E-state index in [0.717, 1.165) is 17.7 Å². The average molecular weight is 550 g/mol. The zero-order valence-corrected chi connectivity index (χ0v) is 23.4. The summed E-state index contributed by atoms with van der Waals surface area (Å²) in [4.78, 5) is 28.5. The molecule has 0 amide bonds. The van der Waals surface area contributed by atoms with Crippen LogP contribution < -0.4 is 9.47 Å².